The number of sulfonamides is 1. The average molecular weight is 650 g/mol. The summed E-state index contributed by atoms with van der Waals surface area (Å²) in [6.45, 7) is 3.74. The first kappa shape index (κ1) is 34.3. The monoisotopic (exact) mass is 649 g/mol. The highest BCUT2D eigenvalue weighted by Gasteiger charge is 2.30. The van der Waals surface area contributed by atoms with Crippen molar-refractivity contribution in [1.82, 2.24) is 4.57 Å². The van der Waals surface area contributed by atoms with Crippen molar-refractivity contribution in [2.24, 2.45) is 5.14 Å². The van der Waals surface area contributed by atoms with E-state index < -0.39 is 39.9 Å². The second-order valence-corrected chi connectivity index (χ2v) is 12.5. The summed E-state index contributed by atoms with van der Waals surface area (Å²) in [5, 5.41) is 29.2. The van der Waals surface area contributed by atoms with Gasteiger partial charge in [0.1, 0.15) is 11.5 Å². The number of anilines is 1. The summed E-state index contributed by atoms with van der Waals surface area (Å²) < 4.78 is 44.4. The molecule has 0 aliphatic carbocycles. The molecule has 0 unspecified atom stereocenters. The number of aromatic nitrogens is 1. The van der Waals surface area contributed by atoms with Crippen LogP contribution in [0.25, 0.3) is 28.3 Å². The van der Waals surface area contributed by atoms with Crippen LogP contribution < -0.4 is 10.5 Å². The first-order valence-corrected chi connectivity index (χ1v) is 16.0. The molecule has 242 valence electrons. The van der Waals surface area contributed by atoms with Crippen LogP contribution in [0.15, 0.2) is 89.8 Å². The number of methoxy groups -OCH3 is 1. The van der Waals surface area contributed by atoms with Crippen molar-refractivity contribution < 1.29 is 37.3 Å². The Morgan fingerprint density at radius 3 is 2.24 bits per heavy atom. The summed E-state index contributed by atoms with van der Waals surface area (Å²) >= 11 is 0. The molecule has 5 N–H and O–H groups in total. The molecule has 0 bridgehead atoms. The van der Waals surface area contributed by atoms with Gasteiger partial charge >= 0.3 is 5.97 Å². The van der Waals surface area contributed by atoms with Gasteiger partial charge in [-0.25, -0.2) is 17.9 Å². The second kappa shape index (κ2) is 14.6. The summed E-state index contributed by atoms with van der Waals surface area (Å²) in [6.07, 6.45) is 0.302. The van der Waals surface area contributed by atoms with Gasteiger partial charge in [0, 0.05) is 35.0 Å². The quantitative estimate of drug-likeness (QED) is 0.155. The van der Waals surface area contributed by atoms with Crippen LogP contribution in [0.1, 0.15) is 48.9 Å². The number of halogens is 1. The van der Waals surface area contributed by atoms with Gasteiger partial charge in [-0.1, -0.05) is 54.6 Å². The number of carbonyl (C=O) groups is 2. The molecule has 4 aromatic rings. The number of hydrogen-bond acceptors (Lipinski definition) is 7. The third-order valence-corrected chi connectivity index (χ3v) is 8.12. The molecule has 0 saturated carbocycles. The van der Waals surface area contributed by atoms with Gasteiger partial charge in [-0.05, 0) is 61.4 Å². The molecule has 10 nitrogen and oxygen atoms in total. The fourth-order valence-electron chi connectivity index (χ4n) is 5.19. The highest BCUT2D eigenvalue weighted by molar-refractivity contribution is 7.89. The summed E-state index contributed by atoms with van der Waals surface area (Å²) in [5.74, 6) is -1.63. The van der Waals surface area contributed by atoms with Gasteiger partial charge < -0.3 is 24.8 Å². The van der Waals surface area contributed by atoms with Crippen molar-refractivity contribution in [3.8, 4) is 22.3 Å². The van der Waals surface area contributed by atoms with Crippen molar-refractivity contribution in [1.29, 1.82) is 0 Å². The van der Waals surface area contributed by atoms with E-state index in [1.54, 1.807) is 22.8 Å². The molecular formula is C34H36FN3O7S. The Kier molecular flexibility index (Phi) is 10.9. The van der Waals surface area contributed by atoms with Crippen molar-refractivity contribution in [2.75, 3.05) is 12.4 Å². The number of rotatable bonds is 12. The van der Waals surface area contributed by atoms with Gasteiger partial charge in [-0.2, -0.15) is 0 Å². The predicted octanol–water partition coefficient (Wildman–Crippen LogP) is 5.13. The molecule has 0 aliphatic heterocycles. The smallest absolute Gasteiger partial charge is 0.308 e. The number of aliphatic hydroxyl groups excluding tert-OH is 2. The average Bonchev–Trinajstić information content (AvgIpc) is 3.36. The highest BCUT2D eigenvalue weighted by Crippen LogP contribution is 2.43. The lowest BCUT2D eigenvalue weighted by molar-refractivity contribution is -0.143. The summed E-state index contributed by atoms with van der Waals surface area (Å²) in [6, 6.07) is 20.2. The van der Waals surface area contributed by atoms with Crippen LogP contribution >= 0.6 is 0 Å². The van der Waals surface area contributed by atoms with E-state index in [1.165, 1.54) is 49.6 Å². The minimum Gasteiger partial charge on any atom is -0.469 e. The molecule has 0 fully saturated rings. The zero-order valence-corrected chi connectivity index (χ0v) is 26.4. The van der Waals surface area contributed by atoms with Crippen LogP contribution in [0.2, 0.25) is 0 Å². The molecule has 3 aromatic carbocycles. The zero-order valence-electron chi connectivity index (χ0n) is 25.6. The molecule has 0 aliphatic rings. The summed E-state index contributed by atoms with van der Waals surface area (Å²) in [4.78, 5) is 25.6. The zero-order chi connectivity index (χ0) is 33.6. The molecule has 0 radical (unpaired) electrons. The topological polar surface area (TPSA) is 161 Å². The van der Waals surface area contributed by atoms with E-state index in [0.29, 0.717) is 27.9 Å². The number of hydrogen-bond donors (Lipinski definition) is 4. The minimum atomic E-state index is -4.04. The minimum absolute atomic E-state index is 0.154. The molecule has 1 amide bonds. The summed E-state index contributed by atoms with van der Waals surface area (Å²) in [7, 11) is -2.83. The standard InChI is InChI=1S/C34H36FN3O7S/c1-21(2)38-29(17-16-26(39)19-27(40)20-30(41)45-3)31(23-12-14-24(35)15-13-23)32(22-8-5-4-6-9-22)33(38)34(42)37-25-10-7-11-28(18-25)46(36,43)44/h4-18,21,26-27,39-40H,19-20H2,1-3H3,(H,37,42)(H2,36,43,44)/t26-,27-/m1/s1. The largest absolute Gasteiger partial charge is 0.469 e. The van der Waals surface area contributed by atoms with Crippen LogP contribution in [0.4, 0.5) is 10.1 Å². The Bertz CT molecular complexity index is 1840. The fraction of sp³-hybridized carbons (Fsp3) is 0.235. The third-order valence-electron chi connectivity index (χ3n) is 7.21. The van der Waals surface area contributed by atoms with Crippen molar-refractivity contribution in [3.05, 3.63) is 102 Å². The fourth-order valence-corrected chi connectivity index (χ4v) is 5.74. The van der Waals surface area contributed by atoms with E-state index >= 15 is 0 Å². The van der Waals surface area contributed by atoms with E-state index in [9.17, 15) is 32.6 Å². The van der Waals surface area contributed by atoms with Crippen LogP contribution in [0, 0.1) is 5.82 Å². The number of primary sulfonamides is 1. The molecular weight excluding hydrogens is 613 g/mol. The van der Waals surface area contributed by atoms with Crippen molar-refractivity contribution in [2.45, 2.75) is 49.8 Å². The van der Waals surface area contributed by atoms with Crippen molar-refractivity contribution >= 4 is 33.7 Å². The van der Waals surface area contributed by atoms with Gasteiger partial charge in [0.2, 0.25) is 10.0 Å². The molecule has 1 aromatic heterocycles. The Hall–Kier alpha value is -4.62. The number of ether oxygens (including phenoxy) is 1. The van der Waals surface area contributed by atoms with E-state index in [2.05, 4.69) is 10.1 Å². The Morgan fingerprint density at radius 2 is 1.63 bits per heavy atom. The Balaban J connectivity index is 1.94. The van der Waals surface area contributed by atoms with Gasteiger partial charge in [0.15, 0.2) is 0 Å². The maximum absolute atomic E-state index is 14.2. The van der Waals surface area contributed by atoms with E-state index in [0.717, 1.165) is 0 Å². The van der Waals surface area contributed by atoms with Crippen molar-refractivity contribution in [3.63, 3.8) is 0 Å². The van der Waals surface area contributed by atoms with Crippen LogP contribution in [0.3, 0.4) is 0 Å². The number of nitrogens with two attached hydrogens (primary N) is 1. The Morgan fingerprint density at radius 1 is 0.978 bits per heavy atom. The molecule has 2 atom stereocenters. The lowest BCUT2D eigenvalue weighted by Gasteiger charge is -2.17. The van der Waals surface area contributed by atoms with Gasteiger partial charge in [0.05, 0.1) is 30.6 Å². The second-order valence-electron chi connectivity index (χ2n) is 10.9. The number of aliphatic hydroxyl groups is 2. The molecule has 1 heterocycles. The predicted molar refractivity (Wildman–Crippen MR) is 174 cm³/mol. The SMILES string of the molecule is COC(=O)C[C@H](O)C[C@H](O)C=Cc1c(-c2ccc(F)cc2)c(-c2ccccc2)c(C(=O)Nc2cccc(S(N)(=O)=O)c2)n1C(C)C. The number of amides is 1. The van der Waals surface area contributed by atoms with Gasteiger partial charge in [0.25, 0.3) is 5.91 Å². The van der Waals surface area contributed by atoms with Crippen LogP contribution in [-0.4, -0.2) is 54.4 Å². The number of nitrogens with one attached hydrogen (secondary N) is 1. The lowest BCUT2D eigenvalue weighted by atomic mass is 9.94. The maximum atomic E-state index is 14.2. The van der Waals surface area contributed by atoms with Gasteiger partial charge in [-0.3, -0.25) is 9.59 Å². The number of benzene rings is 3. The van der Waals surface area contributed by atoms with Crippen LogP contribution in [-0.2, 0) is 19.6 Å². The number of esters is 1. The molecule has 12 heteroatoms. The van der Waals surface area contributed by atoms with E-state index in [-0.39, 0.29) is 35.2 Å². The number of nitrogens with zero attached hydrogens (tertiary/aromatic N) is 1. The van der Waals surface area contributed by atoms with E-state index in [4.69, 9.17) is 5.14 Å². The number of carbonyl (C=O) groups excluding carboxylic acids is 2. The lowest BCUT2D eigenvalue weighted by Crippen LogP contribution is -2.21. The van der Waals surface area contributed by atoms with E-state index in [1.807, 2.05) is 44.2 Å². The third kappa shape index (κ3) is 8.15. The van der Waals surface area contributed by atoms with Gasteiger partial charge in [-0.15, -0.1) is 0 Å². The first-order chi connectivity index (χ1) is 21.8. The molecule has 4 rings (SSSR count). The molecule has 46 heavy (non-hydrogen) atoms. The summed E-state index contributed by atoms with van der Waals surface area (Å²) in [5.41, 5.74) is 3.27. The molecule has 0 saturated heterocycles. The highest BCUT2D eigenvalue weighted by atomic mass is 32.2. The van der Waals surface area contributed by atoms with Crippen LogP contribution in [0.5, 0.6) is 0 Å². The molecule has 0 spiro atoms. The Labute approximate surface area is 267 Å². The first-order valence-electron chi connectivity index (χ1n) is 14.4. The maximum Gasteiger partial charge on any atom is 0.308 e. The normalized spacial score (nSPS) is 13.1.